The molecule has 0 unspecified atom stereocenters. The Hall–Kier alpha value is -3.22. The molecule has 1 amide bonds. The monoisotopic (exact) mass is 344 g/mol. The van der Waals surface area contributed by atoms with Gasteiger partial charge in [0.2, 0.25) is 5.78 Å². The van der Waals surface area contributed by atoms with Gasteiger partial charge in [0.1, 0.15) is 18.1 Å². The van der Waals surface area contributed by atoms with Crippen LogP contribution in [0.25, 0.3) is 0 Å². The van der Waals surface area contributed by atoms with Crippen LogP contribution in [0.3, 0.4) is 0 Å². The molecule has 0 aliphatic rings. The summed E-state index contributed by atoms with van der Waals surface area (Å²) in [6.45, 7) is 1.55. The standard InChI is InChI=1S/C18H17FN2O4/c1-12(17(22)13-7-9-15(19)10-8-13)21-25-11-14-5-3-4-6-16(14)20-18(23)24-2/h3-10H,11H2,1-2H3,(H,20,23)/b21-12+. The molecule has 0 aromatic heterocycles. The van der Waals surface area contributed by atoms with Gasteiger partial charge in [-0.1, -0.05) is 23.4 Å². The Kier molecular flexibility index (Phi) is 6.22. The zero-order chi connectivity index (χ0) is 18.2. The van der Waals surface area contributed by atoms with E-state index in [0.717, 1.165) is 0 Å². The highest BCUT2D eigenvalue weighted by Gasteiger charge is 2.11. The van der Waals surface area contributed by atoms with Crippen LogP contribution in [0.1, 0.15) is 22.8 Å². The number of Topliss-reactive ketones (excluding diaryl/α,β-unsaturated/α-hetero) is 1. The van der Waals surface area contributed by atoms with E-state index in [0.29, 0.717) is 16.8 Å². The first-order chi connectivity index (χ1) is 12.0. The fraction of sp³-hybridized carbons (Fsp3) is 0.167. The van der Waals surface area contributed by atoms with E-state index in [2.05, 4.69) is 15.2 Å². The van der Waals surface area contributed by atoms with Crippen molar-refractivity contribution in [1.82, 2.24) is 0 Å². The Morgan fingerprint density at radius 2 is 1.80 bits per heavy atom. The lowest BCUT2D eigenvalue weighted by Gasteiger charge is -2.09. The molecule has 0 spiro atoms. The van der Waals surface area contributed by atoms with Gasteiger partial charge >= 0.3 is 6.09 Å². The van der Waals surface area contributed by atoms with Crippen LogP contribution in [-0.4, -0.2) is 24.7 Å². The number of para-hydroxylation sites is 1. The molecule has 2 aromatic rings. The SMILES string of the molecule is COC(=O)Nc1ccccc1CO/N=C(\C)C(=O)c1ccc(F)cc1. The fourth-order valence-corrected chi connectivity index (χ4v) is 1.98. The van der Waals surface area contributed by atoms with Gasteiger partial charge in [-0.2, -0.15) is 0 Å². The Balaban J connectivity index is 2.01. The molecule has 1 N–H and O–H groups in total. The van der Waals surface area contributed by atoms with E-state index >= 15 is 0 Å². The largest absolute Gasteiger partial charge is 0.453 e. The number of rotatable bonds is 6. The number of amides is 1. The molecule has 25 heavy (non-hydrogen) atoms. The maximum Gasteiger partial charge on any atom is 0.411 e. The predicted molar refractivity (Wildman–Crippen MR) is 91.1 cm³/mol. The van der Waals surface area contributed by atoms with Crippen LogP contribution < -0.4 is 5.32 Å². The minimum absolute atomic E-state index is 0.0498. The molecule has 0 aliphatic carbocycles. The lowest BCUT2D eigenvalue weighted by Crippen LogP contribution is -2.13. The number of ether oxygens (including phenoxy) is 1. The third-order valence-electron chi connectivity index (χ3n) is 3.30. The summed E-state index contributed by atoms with van der Waals surface area (Å²) in [5, 5.41) is 6.35. The van der Waals surface area contributed by atoms with Crippen LogP contribution in [0.15, 0.2) is 53.7 Å². The van der Waals surface area contributed by atoms with E-state index in [9.17, 15) is 14.0 Å². The second-order valence-electron chi connectivity index (χ2n) is 5.06. The van der Waals surface area contributed by atoms with E-state index in [1.165, 1.54) is 38.3 Å². The maximum absolute atomic E-state index is 12.9. The van der Waals surface area contributed by atoms with Crippen molar-refractivity contribution in [3.8, 4) is 0 Å². The highest BCUT2D eigenvalue weighted by atomic mass is 19.1. The molecule has 0 saturated carbocycles. The Labute approximate surface area is 144 Å². The fourth-order valence-electron chi connectivity index (χ4n) is 1.98. The van der Waals surface area contributed by atoms with Crippen molar-refractivity contribution in [2.45, 2.75) is 13.5 Å². The summed E-state index contributed by atoms with van der Waals surface area (Å²) in [7, 11) is 1.27. The van der Waals surface area contributed by atoms with Crippen LogP contribution >= 0.6 is 0 Å². The second kappa shape index (κ2) is 8.58. The maximum atomic E-state index is 12.9. The highest BCUT2D eigenvalue weighted by molar-refractivity contribution is 6.45. The Morgan fingerprint density at radius 1 is 1.12 bits per heavy atom. The summed E-state index contributed by atoms with van der Waals surface area (Å²) < 4.78 is 17.4. The second-order valence-corrected chi connectivity index (χ2v) is 5.06. The normalized spacial score (nSPS) is 10.9. The van der Waals surface area contributed by atoms with Gasteiger partial charge in [-0.05, 0) is 37.3 Å². The molecule has 7 heteroatoms. The van der Waals surface area contributed by atoms with Crippen molar-refractivity contribution < 1.29 is 23.6 Å². The molecule has 0 radical (unpaired) electrons. The van der Waals surface area contributed by atoms with Crippen molar-refractivity contribution in [1.29, 1.82) is 0 Å². The quantitative estimate of drug-likeness (QED) is 0.491. The smallest absolute Gasteiger partial charge is 0.411 e. The lowest BCUT2D eigenvalue weighted by molar-refractivity contribution is 0.103. The molecule has 2 rings (SSSR count). The van der Waals surface area contributed by atoms with Gasteiger partial charge in [-0.15, -0.1) is 0 Å². The average molecular weight is 344 g/mol. The summed E-state index contributed by atoms with van der Waals surface area (Å²) in [5.74, 6) is -0.780. The molecule has 0 saturated heterocycles. The molecule has 0 atom stereocenters. The van der Waals surface area contributed by atoms with Crippen molar-refractivity contribution in [3.63, 3.8) is 0 Å². The van der Waals surface area contributed by atoms with Crippen molar-refractivity contribution in [3.05, 3.63) is 65.5 Å². The molecule has 0 bridgehead atoms. The van der Waals surface area contributed by atoms with E-state index < -0.39 is 11.9 Å². The summed E-state index contributed by atoms with van der Waals surface area (Å²) in [5.41, 5.74) is 1.63. The number of anilines is 1. The van der Waals surface area contributed by atoms with E-state index in [1.54, 1.807) is 24.3 Å². The molecular formula is C18H17FN2O4. The number of benzene rings is 2. The summed E-state index contributed by atoms with van der Waals surface area (Å²) in [6, 6.07) is 12.1. The third-order valence-corrected chi connectivity index (χ3v) is 3.30. The van der Waals surface area contributed by atoms with E-state index in [1.807, 2.05) is 0 Å². The number of halogens is 1. The lowest BCUT2D eigenvalue weighted by atomic mass is 10.1. The Morgan fingerprint density at radius 3 is 2.48 bits per heavy atom. The summed E-state index contributed by atoms with van der Waals surface area (Å²) in [6.07, 6.45) is -0.599. The number of ketones is 1. The minimum Gasteiger partial charge on any atom is -0.453 e. The highest BCUT2D eigenvalue weighted by Crippen LogP contribution is 2.16. The number of oxime groups is 1. The average Bonchev–Trinajstić information content (AvgIpc) is 2.63. The molecule has 6 nitrogen and oxygen atoms in total. The van der Waals surface area contributed by atoms with Crippen LogP contribution in [0, 0.1) is 5.82 Å². The van der Waals surface area contributed by atoms with E-state index in [4.69, 9.17) is 4.84 Å². The van der Waals surface area contributed by atoms with Crippen molar-refractivity contribution in [2.24, 2.45) is 5.16 Å². The number of carbonyl (C=O) groups excluding carboxylic acids is 2. The van der Waals surface area contributed by atoms with Crippen LogP contribution in [-0.2, 0) is 16.2 Å². The minimum atomic E-state index is -0.599. The van der Waals surface area contributed by atoms with Gasteiger partial charge in [0, 0.05) is 11.1 Å². The van der Waals surface area contributed by atoms with Crippen LogP contribution in [0.4, 0.5) is 14.9 Å². The summed E-state index contributed by atoms with van der Waals surface area (Å²) in [4.78, 5) is 28.7. The van der Waals surface area contributed by atoms with E-state index in [-0.39, 0.29) is 18.1 Å². The first kappa shape index (κ1) is 18.1. The van der Waals surface area contributed by atoms with Gasteiger partial charge in [0.25, 0.3) is 0 Å². The topological polar surface area (TPSA) is 77.0 Å². The zero-order valence-corrected chi connectivity index (χ0v) is 13.8. The van der Waals surface area contributed by atoms with Crippen molar-refractivity contribution >= 4 is 23.3 Å². The zero-order valence-electron chi connectivity index (χ0n) is 13.8. The number of carbonyl (C=O) groups is 2. The molecule has 2 aromatic carbocycles. The number of hydrogen-bond acceptors (Lipinski definition) is 5. The summed E-state index contributed by atoms with van der Waals surface area (Å²) >= 11 is 0. The number of nitrogens with zero attached hydrogens (tertiary/aromatic N) is 1. The van der Waals surface area contributed by atoms with Gasteiger partial charge in [0.15, 0.2) is 0 Å². The van der Waals surface area contributed by atoms with Gasteiger partial charge in [-0.3, -0.25) is 10.1 Å². The first-order valence-electron chi connectivity index (χ1n) is 7.41. The molecular weight excluding hydrogens is 327 g/mol. The molecule has 0 fully saturated rings. The van der Waals surface area contributed by atoms with Gasteiger partial charge in [0.05, 0.1) is 12.8 Å². The number of methoxy groups -OCH3 is 1. The Bertz CT molecular complexity index is 788. The third kappa shape index (κ3) is 5.13. The predicted octanol–water partition coefficient (Wildman–Crippen LogP) is 3.78. The molecule has 0 aliphatic heterocycles. The molecule has 0 heterocycles. The number of nitrogens with one attached hydrogen (secondary N) is 1. The molecule has 130 valence electrons. The number of hydrogen-bond donors (Lipinski definition) is 1. The van der Waals surface area contributed by atoms with Crippen molar-refractivity contribution in [2.75, 3.05) is 12.4 Å². The van der Waals surface area contributed by atoms with Crippen LogP contribution in [0.2, 0.25) is 0 Å². The van der Waals surface area contributed by atoms with Crippen LogP contribution in [0.5, 0.6) is 0 Å². The first-order valence-corrected chi connectivity index (χ1v) is 7.41. The van der Waals surface area contributed by atoms with Gasteiger partial charge in [-0.25, -0.2) is 9.18 Å². The van der Waals surface area contributed by atoms with Gasteiger partial charge < -0.3 is 9.57 Å².